The van der Waals surface area contributed by atoms with Gasteiger partial charge in [0.2, 0.25) is 0 Å². The van der Waals surface area contributed by atoms with Crippen molar-refractivity contribution in [2.75, 3.05) is 6.61 Å². The molecule has 0 saturated carbocycles. The van der Waals surface area contributed by atoms with Crippen molar-refractivity contribution in [3.05, 3.63) is 83.2 Å². The Labute approximate surface area is 166 Å². The lowest BCUT2D eigenvalue weighted by molar-refractivity contribution is -0.113. The van der Waals surface area contributed by atoms with E-state index in [0.29, 0.717) is 23.5 Å². The number of benzene rings is 2. The summed E-state index contributed by atoms with van der Waals surface area (Å²) < 4.78 is 7.81. The normalized spacial score (nSPS) is 11.8. The zero-order valence-electron chi connectivity index (χ0n) is 15.5. The van der Waals surface area contributed by atoms with Gasteiger partial charge in [0.05, 0.1) is 22.4 Å². The molecule has 28 heavy (non-hydrogen) atoms. The second kappa shape index (κ2) is 9.10. The van der Waals surface area contributed by atoms with Crippen LogP contribution in [0, 0.1) is 0 Å². The summed E-state index contributed by atoms with van der Waals surface area (Å²) in [4.78, 5) is 29.1. The van der Waals surface area contributed by atoms with Gasteiger partial charge in [-0.2, -0.15) is 4.99 Å². The van der Waals surface area contributed by atoms with Gasteiger partial charge in [0.1, 0.15) is 0 Å². The van der Waals surface area contributed by atoms with Crippen LogP contribution in [0.2, 0.25) is 0 Å². The number of allylic oxidation sites excluding steroid dienone is 1. The molecule has 3 aromatic rings. The van der Waals surface area contributed by atoms with Crippen LogP contribution < -0.4 is 4.80 Å². The van der Waals surface area contributed by atoms with Crippen LogP contribution >= 0.6 is 11.3 Å². The highest BCUT2D eigenvalue weighted by atomic mass is 32.1. The van der Waals surface area contributed by atoms with Crippen LogP contribution in [-0.4, -0.2) is 23.1 Å². The molecular weight excluding hydrogens is 372 g/mol. The fourth-order valence-electron chi connectivity index (χ4n) is 2.67. The first kappa shape index (κ1) is 19.5. The standard InChI is InChI=1S/C22H20N2O3S/c1-3-14-24-18-12-11-17(21(26)27-4-2)15-19(18)28-22(24)23-20(25)13-10-16-8-6-5-7-9-16/h3,5-13,15H,1,4,14H2,2H3/b13-10+,23-22?. The Morgan fingerprint density at radius 3 is 2.71 bits per heavy atom. The lowest BCUT2D eigenvalue weighted by atomic mass is 10.2. The van der Waals surface area contributed by atoms with Crippen molar-refractivity contribution in [3.8, 4) is 0 Å². The van der Waals surface area contributed by atoms with Gasteiger partial charge in [0.25, 0.3) is 5.91 Å². The van der Waals surface area contributed by atoms with E-state index in [0.717, 1.165) is 15.8 Å². The van der Waals surface area contributed by atoms with E-state index >= 15 is 0 Å². The molecule has 0 fully saturated rings. The predicted molar refractivity (Wildman–Crippen MR) is 112 cm³/mol. The van der Waals surface area contributed by atoms with Crippen LogP contribution in [0.4, 0.5) is 0 Å². The summed E-state index contributed by atoms with van der Waals surface area (Å²) in [5.74, 6) is -0.715. The lowest BCUT2D eigenvalue weighted by Gasteiger charge is -2.03. The number of amides is 1. The number of ether oxygens (including phenoxy) is 1. The number of nitrogens with zero attached hydrogens (tertiary/aromatic N) is 2. The molecule has 0 bridgehead atoms. The van der Waals surface area contributed by atoms with Crippen LogP contribution in [0.25, 0.3) is 16.3 Å². The zero-order chi connectivity index (χ0) is 19.9. The maximum absolute atomic E-state index is 12.3. The summed E-state index contributed by atoms with van der Waals surface area (Å²) in [7, 11) is 0. The minimum absolute atomic E-state index is 0.320. The third-order valence-corrected chi connectivity index (χ3v) is 4.97. The van der Waals surface area contributed by atoms with E-state index in [1.54, 1.807) is 31.2 Å². The fraction of sp³-hybridized carbons (Fsp3) is 0.136. The van der Waals surface area contributed by atoms with Crippen molar-refractivity contribution in [1.82, 2.24) is 4.57 Å². The van der Waals surface area contributed by atoms with Crippen molar-refractivity contribution >= 4 is 39.5 Å². The number of hydrogen-bond donors (Lipinski definition) is 0. The van der Waals surface area contributed by atoms with Crippen LogP contribution in [0.1, 0.15) is 22.8 Å². The molecule has 1 amide bonds. The Kier molecular flexibility index (Phi) is 6.34. The largest absolute Gasteiger partial charge is 0.462 e. The first-order chi connectivity index (χ1) is 13.6. The average Bonchev–Trinajstić information content (AvgIpc) is 3.04. The van der Waals surface area contributed by atoms with Gasteiger partial charge in [-0.05, 0) is 36.8 Å². The smallest absolute Gasteiger partial charge is 0.338 e. The Morgan fingerprint density at radius 1 is 1.21 bits per heavy atom. The van der Waals surface area contributed by atoms with Crippen LogP contribution in [-0.2, 0) is 16.1 Å². The van der Waals surface area contributed by atoms with Gasteiger partial charge in [-0.3, -0.25) is 4.79 Å². The zero-order valence-corrected chi connectivity index (χ0v) is 16.3. The van der Waals surface area contributed by atoms with E-state index in [4.69, 9.17) is 4.74 Å². The van der Waals surface area contributed by atoms with Crippen molar-refractivity contribution in [2.24, 2.45) is 4.99 Å². The molecule has 0 atom stereocenters. The number of esters is 1. The molecule has 6 heteroatoms. The molecule has 0 aliphatic rings. The molecule has 0 saturated heterocycles. The number of hydrogen-bond acceptors (Lipinski definition) is 4. The van der Waals surface area contributed by atoms with Crippen LogP contribution in [0.5, 0.6) is 0 Å². The van der Waals surface area contributed by atoms with Gasteiger partial charge < -0.3 is 9.30 Å². The monoisotopic (exact) mass is 392 g/mol. The first-order valence-electron chi connectivity index (χ1n) is 8.85. The maximum Gasteiger partial charge on any atom is 0.338 e. The lowest BCUT2D eigenvalue weighted by Crippen LogP contribution is -2.15. The summed E-state index contributed by atoms with van der Waals surface area (Å²) in [6, 6.07) is 14.9. The summed E-state index contributed by atoms with van der Waals surface area (Å²) in [6.07, 6.45) is 4.92. The number of carbonyl (C=O) groups excluding carboxylic acids is 2. The molecule has 3 rings (SSSR count). The highest BCUT2D eigenvalue weighted by Crippen LogP contribution is 2.20. The predicted octanol–water partition coefficient (Wildman–Crippen LogP) is 4.21. The van der Waals surface area contributed by atoms with Crippen molar-refractivity contribution in [1.29, 1.82) is 0 Å². The van der Waals surface area contributed by atoms with E-state index in [-0.39, 0.29) is 11.9 Å². The molecule has 0 aliphatic carbocycles. The summed E-state index contributed by atoms with van der Waals surface area (Å²) in [5.41, 5.74) is 2.29. The molecule has 2 aromatic carbocycles. The second-order valence-corrected chi connectivity index (χ2v) is 6.89. The Morgan fingerprint density at radius 2 is 2.00 bits per heavy atom. The number of rotatable bonds is 6. The SMILES string of the molecule is C=CCn1c(=NC(=O)/C=C/c2ccccc2)sc2cc(C(=O)OCC)ccc21. The number of carbonyl (C=O) groups is 2. The molecule has 142 valence electrons. The van der Waals surface area contributed by atoms with E-state index in [9.17, 15) is 9.59 Å². The van der Waals surface area contributed by atoms with Crippen LogP contribution in [0.3, 0.4) is 0 Å². The van der Waals surface area contributed by atoms with Gasteiger partial charge >= 0.3 is 5.97 Å². The molecule has 0 spiro atoms. The Hall–Kier alpha value is -3.25. The molecule has 1 aromatic heterocycles. The van der Waals surface area contributed by atoms with Gasteiger partial charge in [0, 0.05) is 12.6 Å². The third kappa shape index (κ3) is 4.53. The minimum atomic E-state index is -0.367. The molecule has 0 aliphatic heterocycles. The summed E-state index contributed by atoms with van der Waals surface area (Å²) in [6.45, 7) is 6.37. The Balaban J connectivity index is 1.98. The van der Waals surface area contributed by atoms with E-state index in [2.05, 4.69) is 11.6 Å². The number of thiazole rings is 1. The van der Waals surface area contributed by atoms with Gasteiger partial charge in [-0.1, -0.05) is 47.7 Å². The molecule has 0 N–H and O–H groups in total. The van der Waals surface area contributed by atoms with Gasteiger partial charge in [-0.15, -0.1) is 6.58 Å². The molecular formula is C22H20N2O3S. The minimum Gasteiger partial charge on any atom is -0.462 e. The second-order valence-electron chi connectivity index (χ2n) is 5.88. The van der Waals surface area contributed by atoms with Crippen molar-refractivity contribution in [3.63, 3.8) is 0 Å². The van der Waals surface area contributed by atoms with Crippen molar-refractivity contribution in [2.45, 2.75) is 13.5 Å². The molecule has 0 unspecified atom stereocenters. The summed E-state index contributed by atoms with van der Waals surface area (Å²) in [5, 5.41) is 0. The quantitative estimate of drug-likeness (QED) is 0.359. The molecule has 0 radical (unpaired) electrons. The van der Waals surface area contributed by atoms with E-state index < -0.39 is 0 Å². The van der Waals surface area contributed by atoms with Gasteiger partial charge in [0.15, 0.2) is 4.80 Å². The maximum atomic E-state index is 12.3. The average molecular weight is 392 g/mol. The van der Waals surface area contributed by atoms with Crippen molar-refractivity contribution < 1.29 is 14.3 Å². The Bertz CT molecular complexity index is 1110. The fourth-order valence-corrected chi connectivity index (χ4v) is 3.75. The number of fused-ring (bicyclic) bond motifs is 1. The highest BCUT2D eigenvalue weighted by molar-refractivity contribution is 7.16. The van der Waals surface area contributed by atoms with Crippen LogP contribution in [0.15, 0.2) is 72.3 Å². The first-order valence-corrected chi connectivity index (χ1v) is 9.67. The molecule has 5 nitrogen and oxygen atoms in total. The molecule has 1 heterocycles. The van der Waals surface area contributed by atoms with E-state index in [1.165, 1.54) is 17.4 Å². The summed E-state index contributed by atoms with van der Waals surface area (Å²) >= 11 is 1.35. The van der Waals surface area contributed by atoms with E-state index in [1.807, 2.05) is 41.0 Å². The topological polar surface area (TPSA) is 60.7 Å². The van der Waals surface area contributed by atoms with Gasteiger partial charge in [-0.25, -0.2) is 4.79 Å². The highest BCUT2D eigenvalue weighted by Gasteiger charge is 2.11. The number of aromatic nitrogens is 1. The third-order valence-electron chi connectivity index (χ3n) is 3.93.